The summed E-state index contributed by atoms with van der Waals surface area (Å²) in [5.41, 5.74) is 2.46. The van der Waals surface area contributed by atoms with Crippen molar-refractivity contribution in [2.45, 2.75) is 57.8 Å². The number of carbonyl (C=O) groups is 1. The van der Waals surface area contributed by atoms with Gasteiger partial charge in [-0.15, -0.1) is 0 Å². The summed E-state index contributed by atoms with van der Waals surface area (Å²) in [5.74, 6) is -2.83. The van der Waals surface area contributed by atoms with Gasteiger partial charge in [0, 0.05) is 12.0 Å². The van der Waals surface area contributed by atoms with E-state index in [9.17, 15) is 15.0 Å². The fourth-order valence-electron chi connectivity index (χ4n) is 1.96. The third-order valence-corrected chi connectivity index (χ3v) is 3.20. The van der Waals surface area contributed by atoms with Gasteiger partial charge in [0.25, 0.3) is 11.9 Å². The first-order valence-corrected chi connectivity index (χ1v) is 7.53. The number of carbonyl (C=O) groups excluding carboxylic acids is 1. The minimum absolute atomic E-state index is 0.0637. The van der Waals surface area contributed by atoms with Crippen molar-refractivity contribution in [3.8, 4) is 0 Å². The Balaban J connectivity index is 2.21. The molecule has 1 amide bonds. The van der Waals surface area contributed by atoms with Gasteiger partial charge in [0.2, 0.25) is 0 Å². The Kier molecular flexibility index (Phi) is 7.97. The van der Waals surface area contributed by atoms with Crippen LogP contribution in [-0.2, 0) is 4.84 Å². The normalized spacial score (nSPS) is 11.4. The number of rotatable bonds is 10. The quantitative estimate of drug-likeness (QED) is 0.352. The fourth-order valence-corrected chi connectivity index (χ4v) is 1.96. The molecule has 0 aliphatic carbocycles. The maximum absolute atomic E-state index is 11.7. The monoisotopic (exact) mass is 295 g/mol. The molecule has 0 aromatic heterocycles. The molecule has 1 aromatic rings. The zero-order valence-electron chi connectivity index (χ0n) is 12.5. The third-order valence-electron chi connectivity index (χ3n) is 3.20. The third kappa shape index (κ3) is 7.80. The van der Waals surface area contributed by atoms with E-state index < -0.39 is 11.9 Å². The lowest BCUT2D eigenvalue weighted by atomic mass is 10.1. The van der Waals surface area contributed by atoms with Crippen LogP contribution in [0.5, 0.6) is 0 Å². The molecular formula is C16H25NO4. The number of hydrogen-bond donors (Lipinski definition) is 3. The van der Waals surface area contributed by atoms with Gasteiger partial charge in [-0.1, -0.05) is 57.2 Å². The number of aliphatic hydroxyl groups is 2. The van der Waals surface area contributed by atoms with E-state index in [-0.39, 0.29) is 6.42 Å². The number of benzene rings is 1. The van der Waals surface area contributed by atoms with E-state index in [1.807, 2.05) is 0 Å². The summed E-state index contributed by atoms with van der Waals surface area (Å²) in [6, 6.07) is 8.46. The number of nitrogens with one attached hydrogen (secondary N) is 1. The topological polar surface area (TPSA) is 78.8 Å². The number of amides is 1. The molecule has 0 radical (unpaired) electrons. The molecule has 0 heterocycles. The zero-order valence-corrected chi connectivity index (χ0v) is 12.5. The molecule has 5 nitrogen and oxygen atoms in total. The van der Waals surface area contributed by atoms with E-state index >= 15 is 0 Å². The molecular weight excluding hydrogens is 270 g/mol. The second-order valence-corrected chi connectivity index (χ2v) is 5.16. The van der Waals surface area contributed by atoms with Crippen molar-refractivity contribution in [1.29, 1.82) is 0 Å². The van der Waals surface area contributed by atoms with E-state index in [0.29, 0.717) is 12.0 Å². The first-order chi connectivity index (χ1) is 10.0. The van der Waals surface area contributed by atoms with Gasteiger partial charge in [-0.2, -0.15) is 0 Å². The molecule has 118 valence electrons. The second kappa shape index (κ2) is 9.50. The van der Waals surface area contributed by atoms with Gasteiger partial charge < -0.3 is 10.2 Å². The number of hydrogen-bond acceptors (Lipinski definition) is 4. The molecule has 0 saturated heterocycles. The van der Waals surface area contributed by atoms with Crippen LogP contribution in [0.25, 0.3) is 0 Å². The molecule has 21 heavy (non-hydrogen) atoms. The van der Waals surface area contributed by atoms with Crippen molar-refractivity contribution in [2.24, 2.45) is 0 Å². The molecule has 1 rings (SSSR count). The molecule has 0 unspecified atom stereocenters. The average molecular weight is 295 g/mol. The summed E-state index contributed by atoms with van der Waals surface area (Å²) in [4.78, 5) is 16.4. The molecule has 0 saturated carbocycles. The maximum atomic E-state index is 11.7. The van der Waals surface area contributed by atoms with Crippen LogP contribution in [0.1, 0.15) is 62.2 Å². The molecule has 5 heteroatoms. The van der Waals surface area contributed by atoms with E-state index in [2.05, 4.69) is 17.2 Å². The smallest absolute Gasteiger partial charge is 0.300 e. The van der Waals surface area contributed by atoms with Crippen LogP contribution in [0.4, 0.5) is 0 Å². The van der Waals surface area contributed by atoms with Gasteiger partial charge in [0.05, 0.1) is 0 Å². The van der Waals surface area contributed by atoms with Gasteiger partial charge in [0.15, 0.2) is 0 Å². The Bertz CT molecular complexity index is 406. The van der Waals surface area contributed by atoms with E-state index in [1.54, 1.807) is 30.3 Å². The van der Waals surface area contributed by atoms with Gasteiger partial charge >= 0.3 is 0 Å². The van der Waals surface area contributed by atoms with Gasteiger partial charge in [0.1, 0.15) is 0 Å². The fraction of sp³-hybridized carbons (Fsp3) is 0.562. The Morgan fingerprint density at radius 3 is 2.38 bits per heavy atom. The lowest BCUT2D eigenvalue weighted by Gasteiger charge is -2.21. The van der Waals surface area contributed by atoms with Crippen LogP contribution < -0.4 is 5.48 Å². The minimum Gasteiger partial charge on any atom is -0.342 e. The highest BCUT2D eigenvalue weighted by molar-refractivity contribution is 5.93. The van der Waals surface area contributed by atoms with Gasteiger partial charge in [-0.25, -0.2) is 10.3 Å². The van der Waals surface area contributed by atoms with E-state index in [1.165, 1.54) is 12.8 Å². The first kappa shape index (κ1) is 17.6. The Morgan fingerprint density at radius 2 is 1.71 bits per heavy atom. The van der Waals surface area contributed by atoms with E-state index in [0.717, 1.165) is 19.3 Å². The van der Waals surface area contributed by atoms with Crippen molar-refractivity contribution in [3.63, 3.8) is 0 Å². The highest BCUT2D eigenvalue weighted by atomic mass is 16.8. The molecule has 0 aliphatic heterocycles. The minimum atomic E-state index is -2.32. The SMILES string of the molecule is CCCCCCCCC(O)(O)ONC(=O)c1ccccc1. The largest absolute Gasteiger partial charge is 0.342 e. The number of hydroxylamine groups is 1. The summed E-state index contributed by atoms with van der Waals surface area (Å²) >= 11 is 0. The van der Waals surface area contributed by atoms with Crippen molar-refractivity contribution < 1.29 is 19.8 Å². The molecule has 0 atom stereocenters. The number of unbranched alkanes of at least 4 members (excludes halogenated alkanes) is 5. The van der Waals surface area contributed by atoms with Crippen molar-refractivity contribution in [2.75, 3.05) is 0 Å². The predicted molar refractivity (Wildman–Crippen MR) is 80.2 cm³/mol. The summed E-state index contributed by atoms with van der Waals surface area (Å²) in [5, 5.41) is 19.3. The van der Waals surface area contributed by atoms with Gasteiger partial charge in [-0.3, -0.25) is 4.79 Å². The van der Waals surface area contributed by atoms with Crippen LogP contribution in [0, 0.1) is 0 Å². The van der Waals surface area contributed by atoms with E-state index in [4.69, 9.17) is 0 Å². The Morgan fingerprint density at radius 1 is 1.10 bits per heavy atom. The van der Waals surface area contributed by atoms with Crippen LogP contribution >= 0.6 is 0 Å². The van der Waals surface area contributed by atoms with Crippen LogP contribution in [0.15, 0.2) is 30.3 Å². The molecule has 0 spiro atoms. The zero-order chi connectivity index (χ0) is 15.6. The van der Waals surface area contributed by atoms with Crippen molar-refractivity contribution in [3.05, 3.63) is 35.9 Å². The lowest BCUT2D eigenvalue weighted by molar-refractivity contribution is -0.358. The summed E-state index contributed by atoms with van der Waals surface area (Å²) in [6.07, 6.45) is 6.23. The summed E-state index contributed by atoms with van der Waals surface area (Å²) in [7, 11) is 0. The highest BCUT2D eigenvalue weighted by Gasteiger charge is 2.25. The highest BCUT2D eigenvalue weighted by Crippen LogP contribution is 2.14. The van der Waals surface area contributed by atoms with Crippen molar-refractivity contribution >= 4 is 5.91 Å². The summed E-state index contributed by atoms with van der Waals surface area (Å²) in [6.45, 7) is 2.15. The lowest BCUT2D eigenvalue weighted by Crippen LogP contribution is -2.40. The van der Waals surface area contributed by atoms with Crippen molar-refractivity contribution in [1.82, 2.24) is 5.48 Å². The molecule has 0 fully saturated rings. The average Bonchev–Trinajstić information content (AvgIpc) is 2.49. The van der Waals surface area contributed by atoms with Crippen LogP contribution in [0.2, 0.25) is 0 Å². The predicted octanol–water partition coefficient (Wildman–Crippen LogP) is 2.74. The molecule has 0 bridgehead atoms. The van der Waals surface area contributed by atoms with Gasteiger partial charge in [-0.05, 0) is 18.6 Å². The summed E-state index contributed by atoms with van der Waals surface area (Å²) < 4.78 is 0. The second-order valence-electron chi connectivity index (χ2n) is 5.16. The Hall–Kier alpha value is -1.43. The maximum Gasteiger partial charge on any atom is 0.300 e. The molecule has 1 aromatic carbocycles. The molecule has 0 aliphatic rings. The first-order valence-electron chi connectivity index (χ1n) is 7.53. The molecule has 3 N–H and O–H groups in total. The standard InChI is InChI=1S/C16H25NO4/c1-2-3-4-5-6-10-13-16(19,20)21-17-15(18)14-11-8-7-9-12-14/h7-9,11-12,19-20H,2-6,10,13H2,1H3,(H,17,18). The Labute approximate surface area is 125 Å². The van der Waals surface area contributed by atoms with Crippen LogP contribution in [-0.4, -0.2) is 22.1 Å². The van der Waals surface area contributed by atoms with Crippen LogP contribution in [0.3, 0.4) is 0 Å².